The molecule has 5 nitrogen and oxygen atoms in total. The van der Waals surface area contributed by atoms with Gasteiger partial charge in [0.15, 0.2) is 5.82 Å². The van der Waals surface area contributed by atoms with Crippen LogP contribution in [-0.2, 0) is 12.8 Å². The smallest absolute Gasteiger partial charge is 0.226 e. The van der Waals surface area contributed by atoms with Gasteiger partial charge in [0, 0.05) is 18.9 Å². The van der Waals surface area contributed by atoms with Crippen molar-refractivity contribution in [1.29, 1.82) is 0 Å². The Morgan fingerprint density at radius 2 is 2.10 bits per heavy atom. The maximum Gasteiger partial charge on any atom is 0.226 e. The molecule has 2 heterocycles. The highest BCUT2D eigenvalue weighted by Crippen LogP contribution is 2.21. The topological polar surface area (TPSA) is 54.2 Å². The second kappa shape index (κ2) is 7.74. The van der Waals surface area contributed by atoms with Gasteiger partial charge >= 0.3 is 0 Å². The Morgan fingerprint density at radius 3 is 2.75 bits per heavy atom. The highest BCUT2D eigenvalue weighted by atomic mass is 16.5. The van der Waals surface area contributed by atoms with Gasteiger partial charge in [-0.25, -0.2) is 0 Å². The van der Waals surface area contributed by atoms with Crippen molar-refractivity contribution in [3.8, 4) is 0 Å². The quantitative estimate of drug-likeness (QED) is 0.773. The molecule has 5 heteroatoms. The lowest BCUT2D eigenvalue weighted by molar-refractivity contribution is 0.148. The number of rotatable bonds is 7. The molecule has 0 radical (unpaired) electrons. The summed E-state index contributed by atoms with van der Waals surface area (Å²) in [7, 11) is 1.96. The minimum absolute atomic E-state index is 0.667. The molecular formula is C15H28N4O. The van der Waals surface area contributed by atoms with Crippen LogP contribution >= 0.6 is 0 Å². The van der Waals surface area contributed by atoms with Crippen molar-refractivity contribution in [2.24, 2.45) is 5.92 Å². The summed E-state index contributed by atoms with van der Waals surface area (Å²) < 4.78 is 5.31. The van der Waals surface area contributed by atoms with E-state index >= 15 is 0 Å². The van der Waals surface area contributed by atoms with E-state index in [2.05, 4.69) is 34.2 Å². The number of hydrogen-bond acceptors (Lipinski definition) is 5. The summed E-state index contributed by atoms with van der Waals surface area (Å²) in [4.78, 5) is 7.06. The van der Waals surface area contributed by atoms with Gasteiger partial charge in [0.1, 0.15) is 0 Å². The summed E-state index contributed by atoms with van der Waals surface area (Å²) in [6, 6.07) is 0.667. The lowest BCUT2D eigenvalue weighted by atomic mass is 9.93. The van der Waals surface area contributed by atoms with Gasteiger partial charge in [0.2, 0.25) is 5.89 Å². The van der Waals surface area contributed by atoms with E-state index in [0.717, 1.165) is 37.5 Å². The average Bonchev–Trinajstić information content (AvgIpc) is 2.87. The lowest BCUT2D eigenvalue weighted by Crippen LogP contribution is -2.38. The van der Waals surface area contributed by atoms with Crippen LogP contribution in [0, 0.1) is 5.92 Å². The van der Waals surface area contributed by atoms with E-state index in [-0.39, 0.29) is 0 Å². The van der Waals surface area contributed by atoms with Crippen LogP contribution in [0.3, 0.4) is 0 Å². The molecular weight excluding hydrogens is 252 g/mol. The molecule has 2 rings (SSSR count). The van der Waals surface area contributed by atoms with Crippen molar-refractivity contribution in [3.63, 3.8) is 0 Å². The maximum atomic E-state index is 5.31. The van der Waals surface area contributed by atoms with Gasteiger partial charge in [0.05, 0.1) is 0 Å². The zero-order valence-electron chi connectivity index (χ0n) is 13.1. The molecule has 0 saturated carbocycles. The van der Waals surface area contributed by atoms with Crippen LogP contribution in [0.5, 0.6) is 0 Å². The molecule has 1 fully saturated rings. The Labute approximate surface area is 122 Å². The minimum Gasteiger partial charge on any atom is -0.339 e. The first kappa shape index (κ1) is 15.4. The van der Waals surface area contributed by atoms with Crippen LogP contribution in [0.2, 0.25) is 0 Å². The number of likely N-dealkylation sites (tertiary alicyclic amines) is 1. The molecule has 0 atom stereocenters. The van der Waals surface area contributed by atoms with E-state index in [0.29, 0.717) is 12.0 Å². The first-order valence-electron chi connectivity index (χ1n) is 7.89. The van der Waals surface area contributed by atoms with Crippen molar-refractivity contribution in [2.45, 2.75) is 52.0 Å². The van der Waals surface area contributed by atoms with E-state index in [1.165, 1.54) is 25.9 Å². The summed E-state index contributed by atoms with van der Waals surface area (Å²) in [5.74, 6) is 2.40. The minimum atomic E-state index is 0.667. The summed E-state index contributed by atoms with van der Waals surface area (Å²) in [6.07, 6.45) is 5.40. The van der Waals surface area contributed by atoms with E-state index in [9.17, 15) is 0 Å². The van der Waals surface area contributed by atoms with E-state index in [1.807, 2.05) is 7.05 Å². The Kier molecular flexibility index (Phi) is 5.98. The van der Waals surface area contributed by atoms with Gasteiger partial charge in [0.25, 0.3) is 0 Å². The summed E-state index contributed by atoms with van der Waals surface area (Å²) >= 11 is 0. The fourth-order valence-corrected chi connectivity index (χ4v) is 2.82. The van der Waals surface area contributed by atoms with E-state index in [1.54, 1.807) is 0 Å². The van der Waals surface area contributed by atoms with Crippen molar-refractivity contribution >= 4 is 0 Å². The third-order valence-corrected chi connectivity index (χ3v) is 4.18. The first-order chi connectivity index (χ1) is 9.69. The van der Waals surface area contributed by atoms with Crippen molar-refractivity contribution in [3.05, 3.63) is 11.7 Å². The van der Waals surface area contributed by atoms with Crippen LogP contribution in [-0.4, -0.2) is 47.8 Å². The van der Waals surface area contributed by atoms with Crippen LogP contribution in [0.4, 0.5) is 0 Å². The van der Waals surface area contributed by atoms with Crippen LogP contribution < -0.4 is 5.32 Å². The van der Waals surface area contributed by atoms with Crippen LogP contribution in [0.25, 0.3) is 0 Å². The number of aryl methyl sites for hydroxylation is 1. The summed E-state index contributed by atoms with van der Waals surface area (Å²) in [6.45, 7) is 7.95. The highest BCUT2D eigenvalue weighted by Gasteiger charge is 2.22. The average molecular weight is 280 g/mol. The standard InChI is InChI=1S/C15H28N4O/c1-12(2)19-9-6-13(7-10-19)11-14-17-15(20-18-14)5-4-8-16-3/h12-13,16H,4-11H2,1-3H3. The summed E-state index contributed by atoms with van der Waals surface area (Å²) in [5.41, 5.74) is 0. The van der Waals surface area contributed by atoms with Gasteiger partial charge in [-0.15, -0.1) is 0 Å². The Hall–Kier alpha value is -0.940. The van der Waals surface area contributed by atoms with E-state index in [4.69, 9.17) is 4.52 Å². The van der Waals surface area contributed by atoms with Gasteiger partial charge in [-0.2, -0.15) is 4.98 Å². The third kappa shape index (κ3) is 4.56. The molecule has 1 aliphatic rings. The predicted octanol–water partition coefficient (Wildman–Crippen LogP) is 1.88. The number of nitrogens with one attached hydrogen (secondary N) is 1. The molecule has 1 N–H and O–H groups in total. The Bertz CT molecular complexity index is 383. The third-order valence-electron chi connectivity index (χ3n) is 4.18. The molecule has 20 heavy (non-hydrogen) atoms. The summed E-state index contributed by atoms with van der Waals surface area (Å²) in [5, 5.41) is 7.25. The second-order valence-corrected chi connectivity index (χ2v) is 6.09. The largest absolute Gasteiger partial charge is 0.339 e. The molecule has 114 valence electrons. The van der Waals surface area contributed by atoms with Gasteiger partial charge < -0.3 is 14.7 Å². The fourth-order valence-electron chi connectivity index (χ4n) is 2.82. The number of nitrogens with zero attached hydrogens (tertiary/aromatic N) is 3. The number of piperidine rings is 1. The van der Waals surface area contributed by atoms with Gasteiger partial charge in [-0.05, 0) is 65.7 Å². The highest BCUT2D eigenvalue weighted by molar-refractivity contribution is 4.90. The zero-order valence-corrected chi connectivity index (χ0v) is 13.1. The first-order valence-corrected chi connectivity index (χ1v) is 7.89. The van der Waals surface area contributed by atoms with Crippen molar-refractivity contribution < 1.29 is 4.52 Å². The normalized spacial score (nSPS) is 18.0. The lowest BCUT2D eigenvalue weighted by Gasteiger charge is -2.34. The molecule has 0 unspecified atom stereocenters. The molecule has 1 aromatic rings. The molecule has 1 aliphatic heterocycles. The molecule has 1 aromatic heterocycles. The molecule has 0 amide bonds. The molecule has 0 aromatic carbocycles. The zero-order chi connectivity index (χ0) is 14.4. The van der Waals surface area contributed by atoms with Crippen molar-refractivity contribution in [1.82, 2.24) is 20.4 Å². The molecule has 0 bridgehead atoms. The second-order valence-electron chi connectivity index (χ2n) is 6.09. The van der Waals surface area contributed by atoms with Crippen LogP contribution in [0.1, 0.15) is 44.8 Å². The van der Waals surface area contributed by atoms with Crippen molar-refractivity contribution in [2.75, 3.05) is 26.7 Å². The predicted molar refractivity (Wildman–Crippen MR) is 79.7 cm³/mol. The molecule has 1 saturated heterocycles. The van der Waals surface area contributed by atoms with E-state index < -0.39 is 0 Å². The van der Waals surface area contributed by atoms with Gasteiger partial charge in [-0.1, -0.05) is 5.16 Å². The SMILES string of the molecule is CNCCCc1nc(CC2CCN(C(C)C)CC2)no1. The number of aromatic nitrogens is 2. The van der Waals surface area contributed by atoms with Gasteiger partial charge in [-0.3, -0.25) is 0 Å². The monoisotopic (exact) mass is 280 g/mol. The Morgan fingerprint density at radius 1 is 1.35 bits per heavy atom. The maximum absolute atomic E-state index is 5.31. The Balaban J connectivity index is 1.74. The van der Waals surface area contributed by atoms with Crippen LogP contribution in [0.15, 0.2) is 4.52 Å². The number of hydrogen-bond donors (Lipinski definition) is 1. The molecule has 0 aliphatic carbocycles. The fraction of sp³-hybridized carbons (Fsp3) is 0.867. The molecule has 0 spiro atoms.